The molecular formula is C21H26N4O5S. The molecule has 1 fully saturated rings. The van der Waals surface area contributed by atoms with E-state index in [1.54, 1.807) is 11.8 Å². The maximum Gasteiger partial charge on any atom is 0.271 e. The van der Waals surface area contributed by atoms with Crippen LogP contribution in [0, 0.1) is 17.0 Å². The Morgan fingerprint density at radius 2 is 1.74 bits per heavy atom. The molecule has 166 valence electrons. The van der Waals surface area contributed by atoms with Crippen LogP contribution < -0.4 is 4.31 Å². The Balaban J connectivity index is 1.69. The molecule has 3 rings (SSSR count). The SMILES string of the molecule is Cc1ccc([N+](=O)[O-])cc1N(CC(=O)N1CCN(Cc2ccccc2)CC1)S(C)(=O)=O. The molecular weight excluding hydrogens is 420 g/mol. The number of aryl methyl sites for hydroxylation is 1. The molecule has 1 amide bonds. The van der Waals surface area contributed by atoms with Crippen LogP contribution in [0.3, 0.4) is 0 Å². The van der Waals surface area contributed by atoms with Crippen LogP contribution in [0.4, 0.5) is 11.4 Å². The van der Waals surface area contributed by atoms with Crippen molar-refractivity contribution in [2.24, 2.45) is 0 Å². The Hall–Kier alpha value is -2.98. The Labute approximate surface area is 182 Å². The van der Waals surface area contributed by atoms with Crippen LogP contribution in [-0.4, -0.2) is 68.0 Å². The third-order valence-electron chi connectivity index (χ3n) is 5.33. The van der Waals surface area contributed by atoms with Gasteiger partial charge in [0.25, 0.3) is 5.69 Å². The maximum absolute atomic E-state index is 12.9. The van der Waals surface area contributed by atoms with Gasteiger partial charge in [-0.05, 0) is 18.1 Å². The first-order valence-electron chi connectivity index (χ1n) is 9.92. The summed E-state index contributed by atoms with van der Waals surface area (Å²) >= 11 is 0. The number of hydrogen-bond donors (Lipinski definition) is 0. The zero-order valence-corrected chi connectivity index (χ0v) is 18.4. The van der Waals surface area contributed by atoms with Gasteiger partial charge in [-0.2, -0.15) is 0 Å². The number of amides is 1. The highest BCUT2D eigenvalue weighted by molar-refractivity contribution is 7.92. The van der Waals surface area contributed by atoms with Gasteiger partial charge in [0, 0.05) is 44.9 Å². The van der Waals surface area contributed by atoms with Crippen molar-refractivity contribution in [3.8, 4) is 0 Å². The van der Waals surface area contributed by atoms with E-state index in [9.17, 15) is 23.3 Å². The molecule has 1 aliphatic rings. The molecule has 2 aromatic carbocycles. The monoisotopic (exact) mass is 446 g/mol. The van der Waals surface area contributed by atoms with Gasteiger partial charge in [0.05, 0.1) is 16.9 Å². The van der Waals surface area contributed by atoms with Crippen LogP contribution in [0.1, 0.15) is 11.1 Å². The highest BCUT2D eigenvalue weighted by Gasteiger charge is 2.28. The minimum Gasteiger partial charge on any atom is -0.339 e. The van der Waals surface area contributed by atoms with E-state index in [0.717, 1.165) is 17.1 Å². The predicted molar refractivity (Wildman–Crippen MR) is 118 cm³/mol. The topological polar surface area (TPSA) is 104 Å². The van der Waals surface area contributed by atoms with Crippen molar-refractivity contribution in [2.45, 2.75) is 13.5 Å². The Morgan fingerprint density at radius 3 is 2.32 bits per heavy atom. The largest absolute Gasteiger partial charge is 0.339 e. The van der Waals surface area contributed by atoms with Crippen LogP contribution in [0.5, 0.6) is 0 Å². The maximum atomic E-state index is 12.9. The Kier molecular flexibility index (Phi) is 6.91. The lowest BCUT2D eigenvalue weighted by Crippen LogP contribution is -2.51. The van der Waals surface area contributed by atoms with Crippen molar-refractivity contribution in [3.05, 3.63) is 69.8 Å². The number of carbonyl (C=O) groups is 1. The minimum atomic E-state index is -3.82. The van der Waals surface area contributed by atoms with E-state index in [0.29, 0.717) is 31.7 Å². The van der Waals surface area contributed by atoms with Crippen LogP contribution in [-0.2, 0) is 21.4 Å². The standard InChI is InChI=1S/C21H26N4O5S/c1-17-8-9-19(25(27)28)14-20(17)24(31(2,29)30)16-21(26)23-12-10-22(11-13-23)15-18-6-4-3-5-7-18/h3-9,14H,10-13,15-16H2,1-2H3. The first kappa shape index (κ1) is 22.7. The van der Waals surface area contributed by atoms with E-state index in [1.165, 1.54) is 23.8 Å². The van der Waals surface area contributed by atoms with Gasteiger partial charge in [-0.15, -0.1) is 0 Å². The molecule has 2 aromatic rings. The van der Waals surface area contributed by atoms with E-state index in [2.05, 4.69) is 17.0 Å². The number of hydrogen-bond acceptors (Lipinski definition) is 6. The summed E-state index contributed by atoms with van der Waals surface area (Å²) in [6, 6.07) is 14.1. The predicted octanol–water partition coefficient (Wildman–Crippen LogP) is 2.01. The fourth-order valence-electron chi connectivity index (χ4n) is 3.58. The number of carbonyl (C=O) groups excluding carboxylic acids is 1. The van der Waals surface area contributed by atoms with Gasteiger partial charge in [-0.1, -0.05) is 36.4 Å². The molecule has 10 heteroatoms. The van der Waals surface area contributed by atoms with Gasteiger partial charge < -0.3 is 4.90 Å². The fraction of sp³-hybridized carbons (Fsp3) is 0.381. The second kappa shape index (κ2) is 9.44. The minimum absolute atomic E-state index is 0.146. The third-order valence-corrected chi connectivity index (χ3v) is 6.45. The lowest BCUT2D eigenvalue weighted by molar-refractivity contribution is -0.384. The fourth-order valence-corrected chi connectivity index (χ4v) is 4.48. The van der Waals surface area contributed by atoms with E-state index < -0.39 is 14.9 Å². The molecule has 0 atom stereocenters. The quantitative estimate of drug-likeness (QED) is 0.476. The van der Waals surface area contributed by atoms with Crippen molar-refractivity contribution in [1.29, 1.82) is 0 Å². The molecule has 1 saturated heterocycles. The molecule has 0 spiro atoms. The van der Waals surface area contributed by atoms with E-state index in [1.807, 2.05) is 18.2 Å². The van der Waals surface area contributed by atoms with Crippen molar-refractivity contribution >= 4 is 27.3 Å². The second-order valence-corrected chi connectivity index (χ2v) is 9.55. The normalized spacial score (nSPS) is 15.0. The third kappa shape index (κ3) is 5.80. The van der Waals surface area contributed by atoms with Gasteiger partial charge in [0.2, 0.25) is 15.9 Å². The average Bonchev–Trinajstić information content (AvgIpc) is 2.73. The molecule has 0 N–H and O–H groups in total. The van der Waals surface area contributed by atoms with Gasteiger partial charge in [-0.25, -0.2) is 8.42 Å². The molecule has 0 aromatic heterocycles. The number of benzene rings is 2. The molecule has 0 saturated carbocycles. The van der Waals surface area contributed by atoms with Crippen LogP contribution in [0.2, 0.25) is 0 Å². The number of rotatable bonds is 7. The van der Waals surface area contributed by atoms with Crippen molar-refractivity contribution < 1.29 is 18.1 Å². The summed E-state index contributed by atoms with van der Waals surface area (Å²) in [5.74, 6) is -0.323. The smallest absolute Gasteiger partial charge is 0.271 e. The summed E-state index contributed by atoms with van der Waals surface area (Å²) in [4.78, 5) is 27.3. The number of nitro groups is 1. The molecule has 0 radical (unpaired) electrons. The number of nitrogens with zero attached hydrogens (tertiary/aromatic N) is 4. The molecule has 9 nitrogen and oxygen atoms in total. The number of anilines is 1. The highest BCUT2D eigenvalue weighted by atomic mass is 32.2. The van der Waals surface area contributed by atoms with Crippen molar-refractivity contribution in [2.75, 3.05) is 43.3 Å². The second-order valence-electron chi connectivity index (χ2n) is 7.64. The first-order chi connectivity index (χ1) is 14.6. The number of piperazine rings is 1. The molecule has 0 aliphatic carbocycles. The summed E-state index contributed by atoms with van der Waals surface area (Å²) in [6.45, 7) is 4.44. The van der Waals surface area contributed by atoms with E-state index in [-0.39, 0.29) is 23.8 Å². The number of nitro benzene ring substituents is 1. The van der Waals surface area contributed by atoms with E-state index in [4.69, 9.17) is 0 Å². The van der Waals surface area contributed by atoms with Gasteiger partial charge in [-0.3, -0.25) is 24.1 Å². The molecule has 1 heterocycles. The summed E-state index contributed by atoms with van der Waals surface area (Å²) in [5.41, 5.74) is 1.66. The molecule has 31 heavy (non-hydrogen) atoms. The van der Waals surface area contributed by atoms with Crippen molar-refractivity contribution in [3.63, 3.8) is 0 Å². The molecule has 0 unspecified atom stereocenters. The van der Waals surface area contributed by atoms with Crippen LogP contribution in [0.15, 0.2) is 48.5 Å². The highest BCUT2D eigenvalue weighted by Crippen LogP contribution is 2.27. The summed E-state index contributed by atoms with van der Waals surface area (Å²) < 4.78 is 25.8. The van der Waals surface area contributed by atoms with Gasteiger partial charge in [0.15, 0.2) is 0 Å². The van der Waals surface area contributed by atoms with Crippen LogP contribution in [0.25, 0.3) is 0 Å². The summed E-state index contributed by atoms with van der Waals surface area (Å²) in [7, 11) is -3.82. The molecule has 0 bridgehead atoms. The first-order valence-corrected chi connectivity index (χ1v) is 11.8. The number of sulfonamides is 1. The van der Waals surface area contributed by atoms with Crippen LogP contribution >= 0.6 is 0 Å². The lowest BCUT2D eigenvalue weighted by atomic mass is 10.1. The number of non-ortho nitro benzene ring substituents is 1. The lowest BCUT2D eigenvalue weighted by Gasteiger charge is -2.36. The van der Waals surface area contributed by atoms with Gasteiger partial charge in [0.1, 0.15) is 6.54 Å². The molecule has 1 aliphatic heterocycles. The van der Waals surface area contributed by atoms with E-state index >= 15 is 0 Å². The Bertz CT molecular complexity index is 1050. The summed E-state index contributed by atoms with van der Waals surface area (Å²) in [5, 5.41) is 11.1. The zero-order valence-electron chi connectivity index (χ0n) is 17.6. The van der Waals surface area contributed by atoms with Gasteiger partial charge >= 0.3 is 0 Å². The average molecular weight is 447 g/mol. The van der Waals surface area contributed by atoms with Crippen molar-refractivity contribution in [1.82, 2.24) is 9.80 Å². The Morgan fingerprint density at radius 1 is 1.10 bits per heavy atom. The summed E-state index contributed by atoms with van der Waals surface area (Å²) in [6.07, 6.45) is 0.996. The zero-order chi connectivity index (χ0) is 22.6.